The second-order valence-corrected chi connectivity index (χ2v) is 6.73. The van der Waals surface area contributed by atoms with Crippen molar-refractivity contribution in [3.8, 4) is 0 Å². The maximum absolute atomic E-state index is 12.5. The highest BCUT2D eigenvalue weighted by atomic mass is 79.9. The highest BCUT2D eigenvalue weighted by Crippen LogP contribution is 2.26. The van der Waals surface area contributed by atoms with Crippen LogP contribution in [0, 0.1) is 13.8 Å². The van der Waals surface area contributed by atoms with Gasteiger partial charge >= 0.3 is 0 Å². The topological polar surface area (TPSA) is 99.8 Å². The Labute approximate surface area is 125 Å². The SMILES string of the molecule is CNc1ncc(Br)cc1S(=O)(=O)Nc1c(C)n[nH]c1C. The van der Waals surface area contributed by atoms with Crippen LogP contribution in [0.3, 0.4) is 0 Å². The van der Waals surface area contributed by atoms with E-state index in [4.69, 9.17) is 0 Å². The van der Waals surface area contributed by atoms with Gasteiger partial charge in [-0.2, -0.15) is 5.10 Å². The Bertz CT molecular complexity index is 722. The average molecular weight is 360 g/mol. The fourth-order valence-electron chi connectivity index (χ4n) is 1.70. The number of sulfonamides is 1. The number of aromatic nitrogens is 3. The zero-order valence-corrected chi connectivity index (χ0v) is 13.6. The van der Waals surface area contributed by atoms with Crippen molar-refractivity contribution in [2.45, 2.75) is 18.7 Å². The average Bonchev–Trinajstić information content (AvgIpc) is 2.70. The molecule has 0 atom stereocenters. The minimum absolute atomic E-state index is 0.0642. The van der Waals surface area contributed by atoms with Gasteiger partial charge in [0.15, 0.2) is 0 Å². The molecule has 0 spiro atoms. The number of nitrogens with one attached hydrogen (secondary N) is 3. The van der Waals surface area contributed by atoms with Crippen molar-refractivity contribution in [1.82, 2.24) is 15.2 Å². The molecule has 0 aliphatic carbocycles. The maximum Gasteiger partial charge on any atom is 0.265 e. The summed E-state index contributed by atoms with van der Waals surface area (Å²) in [6.45, 7) is 3.47. The van der Waals surface area contributed by atoms with E-state index >= 15 is 0 Å². The molecule has 3 N–H and O–H groups in total. The number of hydrogen-bond donors (Lipinski definition) is 3. The van der Waals surface area contributed by atoms with Gasteiger partial charge in [-0.15, -0.1) is 0 Å². The van der Waals surface area contributed by atoms with E-state index < -0.39 is 10.0 Å². The molecule has 2 aromatic heterocycles. The van der Waals surface area contributed by atoms with Gasteiger partial charge in [0.2, 0.25) is 0 Å². The minimum atomic E-state index is -3.76. The minimum Gasteiger partial charge on any atom is -0.372 e. The van der Waals surface area contributed by atoms with Crippen LogP contribution in [0.5, 0.6) is 0 Å². The molecule has 0 fully saturated rings. The fraction of sp³-hybridized carbons (Fsp3) is 0.273. The molecule has 20 heavy (non-hydrogen) atoms. The number of anilines is 2. The number of halogens is 1. The molecule has 0 unspecified atom stereocenters. The Balaban J connectivity index is 2.48. The molecule has 0 saturated carbocycles. The van der Waals surface area contributed by atoms with Gasteiger partial charge in [-0.05, 0) is 35.8 Å². The number of hydrogen-bond acceptors (Lipinski definition) is 5. The number of nitrogens with zero attached hydrogens (tertiary/aromatic N) is 2. The van der Waals surface area contributed by atoms with Crippen molar-refractivity contribution in [1.29, 1.82) is 0 Å². The molecule has 7 nitrogen and oxygen atoms in total. The van der Waals surface area contributed by atoms with Crippen molar-refractivity contribution >= 4 is 37.5 Å². The van der Waals surface area contributed by atoms with Crippen LogP contribution in [0.25, 0.3) is 0 Å². The first kappa shape index (κ1) is 14.8. The van der Waals surface area contributed by atoms with Gasteiger partial charge in [-0.25, -0.2) is 13.4 Å². The molecule has 9 heteroatoms. The summed E-state index contributed by atoms with van der Waals surface area (Å²) in [7, 11) is -2.14. The van der Waals surface area contributed by atoms with Gasteiger partial charge in [-0.1, -0.05) is 0 Å². The Morgan fingerprint density at radius 2 is 2.05 bits per heavy atom. The molecular formula is C11H14BrN5O2S. The molecule has 0 aromatic carbocycles. The standard InChI is InChI=1S/C11H14BrN5O2S/c1-6-10(7(2)16-15-6)17-20(18,19)9-4-8(12)5-14-11(9)13-3/h4-5,17H,1-3H3,(H,13,14)(H,15,16). The zero-order valence-electron chi connectivity index (χ0n) is 11.2. The summed E-state index contributed by atoms with van der Waals surface area (Å²) < 4.78 is 28.1. The van der Waals surface area contributed by atoms with Gasteiger partial charge < -0.3 is 5.32 Å². The lowest BCUT2D eigenvalue weighted by atomic mass is 10.3. The number of pyridine rings is 1. The summed E-state index contributed by atoms with van der Waals surface area (Å²) in [4.78, 5) is 4.10. The molecule has 0 saturated heterocycles. The van der Waals surface area contributed by atoms with Gasteiger partial charge in [0.25, 0.3) is 10.0 Å². The van der Waals surface area contributed by atoms with Crippen LogP contribution in [0.4, 0.5) is 11.5 Å². The van der Waals surface area contributed by atoms with E-state index in [1.54, 1.807) is 20.9 Å². The van der Waals surface area contributed by atoms with Gasteiger partial charge in [0.05, 0.1) is 17.1 Å². The zero-order chi connectivity index (χ0) is 14.9. The van der Waals surface area contributed by atoms with Crippen molar-refractivity contribution < 1.29 is 8.42 Å². The fourth-order valence-corrected chi connectivity index (χ4v) is 3.56. The summed E-state index contributed by atoms with van der Waals surface area (Å²) >= 11 is 3.22. The second-order valence-electron chi connectivity index (χ2n) is 4.16. The number of rotatable bonds is 4. The van der Waals surface area contributed by atoms with Crippen LogP contribution >= 0.6 is 15.9 Å². The van der Waals surface area contributed by atoms with Gasteiger partial charge in [-0.3, -0.25) is 9.82 Å². The Kier molecular flexibility index (Phi) is 4.00. The van der Waals surface area contributed by atoms with E-state index in [0.29, 0.717) is 21.5 Å². The molecule has 108 valence electrons. The molecule has 2 rings (SSSR count). The summed E-state index contributed by atoms with van der Waals surface area (Å²) in [5.41, 5.74) is 1.69. The third-order valence-electron chi connectivity index (χ3n) is 2.71. The van der Waals surface area contributed by atoms with Crippen LogP contribution in [-0.4, -0.2) is 30.6 Å². The normalized spacial score (nSPS) is 11.4. The first-order chi connectivity index (χ1) is 9.35. The van der Waals surface area contributed by atoms with E-state index in [1.165, 1.54) is 12.3 Å². The molecule has 2 heterocycles. The predicted octanol–water partition coefficient (Wildman–Crippen LogP) is 2.03. The van der Waals surface area contributed by atoms with Gasteiger partial charge in [0.1, 0.15) is 10.7 Å². The van der Waals surface area contributed by atoms with Crippen molar-refractivity contribution in [2.24, 2.45) is 0 Å². The van der Waals surface area contributed by atoms with E-state index in [9.17, 15) is 8.42 Å². The largest absolute Gasteiger partial charge is 0.372 e. The summed E-state index contributed by atoms with van der Waals surface area (Å²) in [6.07, 6.45) is 1.53. The third-order valence-corrected chi connectivity index (χ3v) is 4.51. The van der Waals surface area contributed by atoms with E-state index in [-0.39, 0.29) is 10.7 Å². The van der Waals surface area contributed by atoms with E-state index in [2.05, 4.69) is 41.2 Å². The number of aryl methyl sites for hydroxylation is 2. The number of aromatic amines is 1. The lowest BCUT2D eigenvalue weighted by Crippen LogP contribution is -2.16. The predicted molar refractivity (Wildman–Crippen MR) is 80.4 cm³/mol. The van der Waals surface area contributed by atoms with Crippen molar-refractivity contribution in [2.75, 3.05) is 17.1 Å². The van der Waals surface area contributed by atoms with Crippen LogP contribution in [0.1, 0.15) is 11.4 Å². The smallest absolute Gasteiger partial charge is 0.265 e. The van der Waals surface area contributed by atoms with Crippen molar-refractivity contribution in [3.63, 3.8) is 0 Å². The Morgan fingerprint density at radius 3 is 2.60 bits per heavy atom. The van der Waals surface area contributed by atoms with E-state index in [1.807, 2.05) is 0 Å². The lowest BCUT2D eigenvalue weighted by molar-refractivity contribution is 0.601. The van der Waals surface area contributed by atoms with Crippen LogP contribution in [0.2, 0.25) is 0 Å². The molecule has 2 aromatic rings. The quantitative estimate of drug-likeness (QED) is 0.775. The third kappa shape index (κ3) is 2.78. The first-order valence-corrected chi connectivity index (χ1v) is 8.00. The molecular weight excluding hydrogens is 346 g/mol. The summed E-state index contributed by atoms with van der Waals surface area (Å²) in [5, 5.41) is 9.46. The highest BCUT2D eigenvalue weighted by molar-refractivity contribution is 9.10. The molecule has 0 aliphatic rings. The maximum atomic E-state index is 12.5. The van der Waals surface area contributed by atoms with Gasteiger partial charge in [0, 0.05) is 17.7 Å². The second kappa shape index (κ2) is 5.41. The first-order valence-electron chi connectivity index (χ1n) is 5.73. The molecule has 0 aliphatic heterocycles. The number of H-pyrrole nitrogens is 1. The van der Waals surface area contributed by atoms with Crippen LogP contribution in [-0.2, 0) is 10.0 Å². The Hall–Kier alpha value is -1.61. The van der Waals surface area contributed by atoms with Crippen molar-refractivity contribution in [3.05, 3.63) is 28.1 Å². The molecule has 0 radical (unpaired) electrons. The summed E-state index contributed by atoms with van der Waals surface area (Å²) in [6, 6.07) is 1.49. The monoisotopic (exact) mass is 359 g/mol. The lowest BCUT2D eigenvalue weighted by Gasteiger charge is -2.11. The van der Waals surface area contributed by atoms with E-state index in [0.717, 1.165) is 0 Å². The van der Waals surface area contributed by atoms with Crippen LogP contribution < -0.4 is 10.0 Å². The molecule has 0 amide bonds. The Morgan fingerprint density at radius 1 is 1.35 bits per heavy atom. The molecule has 0 bridgehead atoms. The summed E-state index contributed by atoms with van der Waals surface area (Å²) in [5.74, 6) is 0.277. The van der Waals surface area contributed by atoms with Crippen LogP contribution in [0.15, 0.2) is 21.6 Å². The highest BCUT2D eigenvalue weighted by Gasteiger charge is 2.22.